The molecule has 0 aliphatic carbocycles. The Hall–Kier alpha value is -3.96. The SMILES string of the molecule is CCCN(CC(=O)Nc1ccc(N2CCN(C(=O)Nc3cccc(C(F)(F)F)c3)CC2)cc1)C(=O)NC(C)C. The number of rotatable bonds is 8. The van der Waals surface area contributed by atoms with E-state index in [0.717, 1.165) is 24.2 Å². The third-order valence-electron chi connectivity index (χ3n) is 6.05. The number of nitrogens with one attached hydrogen (secondary N) is 3. The second-order valence-corrected chi connectivity index (χ2v) is 9.60. The fraction of sp³-hybridized carbons (Fsp3) is 0.444. The molecule has 212 valence electrons. The van der Waals surface area contributed by atoms with Gasteiger partial charge in [-0.2, -0.15) is 13.2 Å². The molecule has 0 radical (unpaired) electrons. The van der Waals surface area contributed by atoms with Crippen LogP contribution in [0.4, 0.5) is 39.8 Å². The number of urea groups is 2. The second-order valence-electron chi connectivity index (χ2n) is 9.60. The van der Waals surface area contributed by atoms with Gasteiger partial charge >= 0.3 is 18.2 Å². The fourth-order valence-corrected chi connectivity index (χ4v) is 4.13. The van der Waals surface area contributed by atoms with Gasteiger partial charge in [0.25, 0.3) is 0 Å². The summed E-state index contributed by atoms with van der Waals surface area (Å²) in [7, 11) is 0. The standard InChI is InChI=1S/C27H35F3N6O3/c1-4-12-36(25(38)31-19(2)3)18-24(37)32-21-8-10-23(11-9-21)34-13-15-35(16-14-34)26(39)33-22-7-5-6-20(17-22)27(28,29)30/h5-11,17,19H,4,12-16,18H2,1-3H3,(H,31,38)(H,32,37)(H,33,39). The number of carbonyl (C=O) groups excluding carboxylic acids is 3. The molecule has 1 aliphatic heterocycles. The first-order chi connectivity index (χ1) is 18.5. The van der Waals surface area contributed by atoms with E-state index in [1.807, 2.05) is 32.9 Å². The maximum Gasteiger partial charge on any atom is 0.416 e. The highest BCUT2D eigenvalue weighted by Gasteiger charge is 2.31. The largest absolute Gasteiger partial charge is 0.416 e. The summed E-state index contributed by atoms with van der Waals surface area (Å²) in [6.45, 7) is 7.95. The Kier molecular flexibility index (Phi) is 10.0. The van der Waals surface area contributed by atoms with Gasteiger partial charge in [0.15, 0.2) is 0 Å². The van der Waals surface area contributed by atoms with Crippen molar-refractivity contribution in [3.8, 4) is 0 Å². The highest BCUT2D eigenvalue weighted by Crippen LogP contribution is 2.30. The normalized spacial score (nSPS) is 13.7. The molecule has 1 aliphatic rings. The Morgan fingerprint density at radius 3 is 2.21 bits per heavy atom. The molecule has 0 spiro atoms. The Balaban J connectivity index is 1.49. The first-order valence-corrected chi connectivity index (χ1v) is 12.9. The quantitative estimate of drug-likeness (QED) is 0.440. The highest BCUT2D eigenvalue weighted by molar-refractivity contribution is 5.94. The van der Waals surface area contributed by atoms with Crippen molar-refractivity contribution in [1.29, 1.82) is 0 Å². The van der Waals surface area contributed by atoms with Crippen molar-refractivity contribution in [2.75, 3.05) is 54.8 Å². The zero-order chi connectivity index (χ0) is 28.6. The van der Waals surface area contributed by atoms with Crippen molar-refractivity contribution >= 4 is 35.0 Å². The molecule has 2 aromatic carbocycles. The van der Waals surface area contributed by atoms with E-state index in [4.69, 9.17) is 0 Å². The topological polar surface area (TPSA) is 97.0 Å². The maximum atomic E-state index is 12.9. The van der Waals surface area contributed by atoms with Gasteiger partial charge in [-0.3, -0.25) is 4.79 Å². The summed E-state index contributed by atoms with van der Waals surface area (Å²) in [5.41, 5.74) is 0.784. The Labute approximate surface area is 226 Å². The minimum absolute atomic E-state index is 0.0287. The second kappa shape index (κ2) is 13.2. The van der Waals surface area contributed by atoms with Gasteiger partial charge in [-0.1, -0.05) is 13.0 Å². The summed E-state index contributed by atoms with van der Waals surface area (Å²) in [6, 6.07) is 11.1. The predicted molar refractivity (Wildman–Crippen MR) is 145 cm³/mol. The van der Waals surface area contributed by atoms with E-state index in [9.17, 15) is 27.6 Å². The molecule has 0 aromatic heterocycles. The van der Waals surface area contributed by atoms with Crippen LogP contribution in [0.3, 0.4) is 0 Å². The average Bonchev–Trinajstić information content (AvgIpc) is 2.88. The van der Waals surface area contributed by atoms with Crippen molar-refractivity contribution in [3.05, 3.63) is 54.1 Å². The van der Waals surface area contributed by atoms with Gasteiger partial charge in [0.05, 0.1) is 5.56 Å². The number of nitrogens with zero attached hydrogens (tertiary/aromatic N) is 3. The molecule has 1 heterocycles. The van der Waals surface area contributed by atoms with Crippen LogP contribution >= 0.6 is 0 Å². The van der Waals surface area contributed by atoms with Crippen LogP contribution in [0.15, 0.2) is 48.5 Å². The molecule has 9 nitrogen and oxygen atoms in total. The van der Waals surface area contributed by atoms with Gasteiger partial charge in [0.2, 0.25) is 5.91 Å². The molecule has 0 unspecified atom stereocenters. The number of alkyl halides is 3. The van der Waals surface area contributed by atoms with Crippen LogP contribution < -0.4 is 20.9 Å². The van der Waals surface area contributed by atoms with Crippen LogP contribution in [0.2, 0.25) is 0 Å². The summed E-state index contributed by atoms with van der Waals surface area (Å²) >= 11 is 0. The van der Waals surface area contributed by atoms with Crippen molar-refractivity contribution in [1.82, 2.24) is 15.1 Å². The Bertz CT molecular complexity index is 1130. The molecule has 0 atom stereocenters. The Morgan fingerprint density at radius 1 is 0.949 bits per heavy atom. The smallest absolute Gasteiger partial charge is 0.368 e. The van der Waals surface area contributed by atoms with Gasteiger partial charge in [-0.05, 0) is 62.7 Å². The number of hydrogen-bond acceptors (Lipinski definition) is 4. The van der Waals surface area contributed by atoms with E-state index >= 15 is 0 Å². The van der Waals surface area contributed by atoms with Crippen molar-refractivity contribution in [3.63, 3.8) is 0 Å². The zero-order valence-corrected chi connectivity index (χ0v) is 22.3. The predicted octanol–water partition coefficient (Wildman–Crippen LogP) is 4.83. The third kappa shape index (κ3) is 8.79. The van der Waals surface area contributed by atoms with Crippen LogP contribution in [-0.4, -0.2) is 73.1 Å². The number of piperazine rings is 1. The highest BCUT2D eigenvalue weighted by atomic mass is 19.4. The number of halogens is 3. The number of carbonyl (C=O) groups is 3. The molecule has 0 bridgehead atoms. The van der Waals surface area contributed by atoms with Gasteiger partial charge in [-0.25, -0.2) is 9.59 Å². The van der Waals surface area contributed by atoms with E-state index in [-0.39, 0.29) is 30.2 Å². The first kappa shape index (κ1) is 29.6. The summed E-state index contributed by atoms with van der Waals surface area (Å²) in [5.74, 6) is -0.296. The molecular formula is C27H35F3N6O3. The minimum Gasteiger partial charge on any atom is -0.368 e. The number of hydrogen-bond donors (Lipinski definition) is 3. The molecule has 1 saturated heterocycles. The van der Waals surface area contributed by atoms with Crippen LogP contribution in [-0.2, 0) is 11.0 Å². The summed E-state index contributed by atoms with van der Waals surface area (Å²) in [4.78, 5) is 42.5. The van der Waals surface area contributed by atoms with Crippen molar-refractivity contribution < 1.29 is 27.6 Å². The Morgan fingerprint density at radius 2 is 1.62 bits per heavy atom. The van der Waals surface area contributed by atoms with Crippen LogP contribution in [0, 0.1) is 0 Å². The van der Waals surface area contributed by atoms with Crippen LogP contribution in [0.5, 0.6) is 0 Å². The first-order valence-electron chi connectivity index (χ1n) is 12.9. The lowest BCUT2D eigenvalue weighted by Gasteiger charge is -2.36. The number of amides is 5. The van der Waals surface area contributed by atoms with Gasteiger partial charge in [0.1, 0.15) is 6.54 Å². The van der Waals surface area contributed by atoms with Gasteiger partial charge < -0.3 is 30.7 Å². The summed E-state index contributed by atoms with van der Waals surface area (Å²) < 4.78 is 38.8. The summed E-state index contributed by atoms with van der Waals surface area (Å²) in [6.07, 6.45) is -3.75. The van der Waals surface area contributed by atoms with Crippen molar-refractivity contribution in [2.24, 2.45) is 0 Å². The maximum absolute atomic E-state index is 12.9. The molecule has 2 aromatic rings. The van der Waals surface area contributed by atoms with E-state index in [0.29, 0.717) is 38.4 Å². The molecule has 3 rings (SSSR count). The number of benzene rings is 2. The van der Waals surface area contributed by atoms with E-state index in [1.54, 1.807) is 17.0 Å². The van der Waals surface area contributed by atoms with E-state index < -0.39 is 17.8 Å². The average molecular weight is 549 g/mol. The molecular weight excluding hydrogens is 513 g/mol. The number of anilines is 3. The molecule has 1 fully saturated rings. The van der Waals surface area contributed by atoms with Crippen LogP contribution in [0.1, 0.15) is 32.8 Å². The van der Waals surface area contributed by atoms with E-state index in [2.05, 4.69) is 20.9 Å². The van der Waals surface area contributed by atoms with Gasteiger partial charge in [0, 0.05) is 55.8 Å². The molecule has 0 saturated carbocycles. The molecule has 12 heteroatoms. The molecule has 39 heavy (non-hydrogen) atoms. The van der Waals surface area contributed by atoms with E-state index in [1.165, 1.54) is 17.0 Å². The van der Waals surface area contributed by atoms with Gasteiger partial charge in [-0.15, -0.1) is 0 Å². The molecule has 5 amide bonds. The lowest BCUT2D eigenvalue weighted by molar-refractivity contribution is -0.137. The fourth-order valence-electron chi connectivity index (χ4n) is 4.13. The molecule has 3 N–H and O–H groups in total. The lowest BCUT2D eigenvalue weighted by atomic mass is 10.2. The van der Waals surface area contributed by atoms with Crippen LogP contribution in [0.25, 0.3) is 0 Å². The lowest BCUT2D eigenvalue weighted by Crippen LogP contribution is -2.50. The monoisotopic (exact) mass is 548 g/mol. The minimum atomic E-state index is -4.48. The zero-order valence-electron chi connectivity index (χ0n) is 22.3. The summed E-state index contributed by atoms with van der Waals surface area (Å²) in [5, 5.41) is 8.16. The third-order valence-corrected chi connectivity index (χ3v) is 6.05. The van der Waals surface area contributed by atoms with Crippen molar-refractivity contribution in [2.45, 2.75) is 39.4 Å².